The molecule has 1 fully saturated rings. The summed E-state index contributed by atoms with van der Waals surface area (Å²) < 4.78 is 31.6. The molecule has 17 nitrogen and oxygen atoms in total. The minimum Gasteiger partial charge on any atom is -0.398 e. The Morgan fingerprint density at radius 2 is 1.75 bits per heavy atom. The number of thiazole rings is 2. The number of nitrogens with one attached hydrogen (secondary N) is 4. The monoisotopic (exact) mass is 656 g/mol. The Kier molecular flexibility index (Phi) is 10.3. The fourth-order valence-electron chi connectivity index (χ4n) is 2.96. The van der Waals surface area contributed by atoms with Gasteiger partial charge in [-0.2, -0.15) is 8.42 Å². The van der Waals surface area contributed by atoms with Crippen LogP contribution in [0.25, 0.3) is 0 Å². The lowest BCUT2D eigenvalue weighted by Gasteiger charge is -2.35. The van der Waals surface area contributed by atoms with Gasteiger partial charge in [-0.05, 0) is 0 Å². The summed E-state index contributed by atoms with van der Waals surface area (Å²) in [6, 6.07) is -2.93. The molecule has 0 radical (unpaired) electrons. The van der Waals surface area contributed by atoms with E-state index in [0.29, 0.717) is 0 Å². The number of halogens is 2. The molecule has 40 heavy (non-hydrogen) atoms. The number of hydrogen-bond acceptors (Lipinski definition) is 13. The van der Waals surface area contributed by atoms with E-state index in [1.54, 1.807) is 0 Å². The lowest BCUT2D eigenvalue weighted by molar-refractivity contribution is -0.141. The summed E-state index contributed by atoms with van der Waals surface area (Å²) in [5.41, 5.74) is -0.532. The van der Waals surface area contributed by atoms with E-state index < -0.39 is 64.2 Å². The summed E-state index contributed by atoms with van der Waals surface area (Å²) in [6.45, 7) is -0.551. The minimum atomic E-state index is -4.81. The van der Waals surface area contributed by atoms with Crippen molar-refractivity contribution in [3.8, 4) is 0 Å². The van der Waals surface area contributed by atoms with Gasteiger partial charge in [-0.15, -0.1) is 45.9 Å². The molecule has 1 aliphatic rings. The Morgan fingerprint density at radius 1 is 1.15 bits per heavy atom. The highest BCUT2D eigenvalue weighted by Gasteiger charge is 2.45. The number of alkyl halides is 2. The fraction of sp³-hybridized carbons (Fsp3) is 0.333. The number of amides is 5. The molecular weight excluding hydrogens is 639 g/mol. The van der Waals surface area contributed by atoms with Gasteiger partial charge in [0.25, 0.3) is 11.8 Å². The second-order valence-corrected chi connectivity index (χ2v) is 11.0. The molecule has 2 unspecified atom stereocenters. The molecule has 1 aliphatic heterocycles. The van der Waals surface area contributed by atoms with Crippen molar-refractivity contribution in [1.82, 2.24) is 24.9 Å². The van der Waals surface area contributed by atoms with Crippen molar-refractivity contribution >= 4 is 102 Å². The highest BCUT2D eigenvalue weighted by atomic mass is 35.5. The summed E-state index contributed by atoms with van der Waals surface area (Å²) in [4.78, 5) is 74.5. The van der Waals surface area contributed by atoms with Crippen LogP contribution in [0.3, 0.4) is 0 Å². The molecule has 0 spiro atoms. The molecule has 0 bridgehead atoms. The van der Waals surface area contributed by atoms with E-state index in [1.807, 2.05) is 0 Å². The number of aromatic nitrogens is 2. The number of β-lactam (4-membered cyclic amide) rings is 1. The van der Waals surface area contributed by atoms with Gasteiger partial charge in [-0.3, -0.25) is 28.5 Å². The first-order valence-corrected chi connectivity index (χ1v) is 14.7. The van der Waals surface area contributed by atoms with Crippen LogP contribution in [0.5, 0.6) is 0 Å². The second kappa shape index (κ2) is 13.3. The molecular formula is C18H18Cl2N8O9S3. The van der Waals surface area contributed by atoms with Crippen molar-refractivity contribution in [3.05, 3.63) is 22.1 Å². The van der Waals surface area contributed by atoms with E-state index >= 15 is 0 Å². The Balaban J connectivity index is 1.86. The first-order chi connectivity index (χ1) is 18.9. The molecule has 1 saturated heterocycles. The van der Waals surface area contributed by atoms with Gasteiger partial charge in [0.2, 0.25) is 17.7 Å². The number of rotatable bonds is 12. The van der Waals surface area contributed by atoms with Gasteiger partial charge in [0.05, 0.1) is 12.2 Å². The maximum atomic E-state index is 13.2. The van der Waals surface area contributed by atoms with Crippen LogP contribution in [0.15, 0.2) is 15.9 Å². The fourth-order valence-corrected chi connectivity index (χ4v) is 5.25. The third kappa shape index (κ3) is 7.61. The molecule has 2 atom stereocenters. The molecule has 216 valence electrons. The third-order valence-corrected chi connectivity index (χ3v) is 7.63. The van der Waals surface area contributed by atoms with Crippen molar-refractivity contribution in [2.24, 2.45) is 5.16 Å². The van der Waals surface area contributed by atoms with Gasteiger partial charge in [0.1, 0.15) is 30.6 Å². The Bertz CT molecular complexity index is 1460. The zero-order chi connectivity index (χ0) is 29.6. The maximum Gasteiger partial charge on any atom is 0.362 e. The van der Waals surface area contributed by atoms with Crippen molar-refractivity contribution in [1.29, 1.82) is 0 Å². The van der Waals surface area contributed by atoms with Crippen LogP contribution < -0.4 is 21.3 Å². The number of carbonyl (C=O) groups is 5. The molecule has 3 heterocycles. The topological polar surface area (TPSA) is 238 Å². The van der Waals surface area contributed by atoms with Gasteiger partial charge in [-0.1, -0.05) is 5.16 Å². The number of nitrogens with zero attached hydrogens (tertiary/aromatic N) is 4. The molecule has 3 rings (SSSR count). The number of anilines is 2. The van der Waals surface area contributed by atoms with Crippen molar-refractivity contribution < 1.29 is 41.8 Å². The SMILES string of the molecule is CON=C(C(=O)NC(C(=O)NC1CN(S(=O)(=O)O)C1=O)c1csc(NC(=O)CCl)n1)c1csc(NC(=O)CCl)n1. The van der Waals surface area contributed by atoms with Crippen LogP contribution in [-0.4, -0.2) is 93.9 Å². The summed E-state index contributed by atoms with van der Waals surface area (Å²) in [7, 11) is -3.66. The zero-order valence-corrected chi connectivity index (χ0v) is 23.9. The van der Waals surface area contributed by atoms with Crippen molar-refractivity contribution in [2.75, 3.05) is 36.0 Å². The summed E-state index contributed by atoms with van der Waals surface area (Å²) >= 11 is 12.8. The number of oxime groups is 1. The smallest absolute Gasteiger partial charge is 0.362 e. The molecule has 22 heteroatoms. The maximum absolute atomic E-state index is 13.2. The lowest BCUT2D eigenvalue weighted by atomic mass is 10.1. The predicted molar refractivity (Wildman–Crippen MR) is 143 cm³/mol. The van der Waals surface area contributed by atoms with E-state index in [9.17, 15) is 32.4 Å². The first-order valence-electron chi connectivity index (χ1n) is 10.5. The van der Waals surface area contributed by atoms with E-state index in [4.69, 9.17) is 32.6 Å². The molecule has 2 aromatic rings. The molecule has 0 aromatic carbocycles. The Hall–Kier alpha value is -3.43. The third-order valence-electron chi connectivity index (χ3n) is 4.72. The Labute approximate surface area is 243 Å². The van der Waals surface area contributed by atoms with E-state index in [-0.39, 0.29) is 37.7 Å². The van der Waals surface area contributed by atoms with Gasteiger partial charge < -0.3 is 26.1 Å². The average molecular weight is 657 g/mol. The van der Waals surface area contributed by atoms with E-state index in [0.717, 1.165) is 29.8 Å². The van der Waals surface area contributed by atoms with Gasteiger partial charge in [0, 0.05) is 10.8 Å². The molecule has 2 aromatic heterocycles. The van der Waals surface area contributed by atoms with Crippen molar-refractivity contribution in [3.63, 3.8) is 0 Å². The van der Waals surface area contributed by atoms with Crippen LogP contribution in [0.2, 0.25) is 0 Å². The minimum absolute atomic E-state index is 0.0370. The highest BCUT2D eigenvalue weighted by Crippen LogP contribution is 2.23. The lowest BCUT2D eigenvalue weighted by Crippen LogP contribution is -2.66. The normalized spacial score (nSPS) is 16.0. The van der Waals surface area contributed by atoms with Crippen LogP contribution in [0, 0.1) is 0 Å². The van der Waals surface area contributed by atoms with E-state index in [2.05, 4.69) is 36.4 Å². The molecule has 0 saturated carbocycles. The highest BCUT2D eigenvalue weighted by molar-refractivity contribution is 7.84. The van der Waals surface area contributed by atoms with Crippen LogP contribution in [-0.2, 0) is 39.1 Å². The standard InChI is InChI=1S/C18H18Cl2N8O9S3/c1-37-27-13(9-6-39-18(23-9)25-11(30)3-20)15(32)26-12(8-5-38-17(22-8)24-10(29)2-19)14(31)21-7-4-28(16(7)33)40(34,35)36/h5-7,12H,2-4H2,1H3,(H,21,31)(H,26,32)(H,22,24,29)(H,23,25,30)(H,34,35,36). The average Bonchev–Trinajstić information content (AvgIpc) is 3.56. The molecule has 5 N–H and O–H groups in total. The predicted octanol–water partition coefficient (Wildman–Crippen LogP) is -0.708. The van der Waals surface area contributed by atoms with Crippen LogP contribution in [0.1, 0.15) is 17.4 Å². The second-order valence-electron chi connectivity index (χ2n) is 7.42. The van der Waals surface area contributed by atoms with E-state index in [1.165, 1.54) is 10.8 Å². The summed E-state index contributed by atoms with van der Waals surface area (Å²) in [5.74, 6) is -4.95. The first kappa shape index (κ1) is 31.1. The van der Waals surface area contributed by atoms with Crippen molar-refractivity contribution in [2.45, 2.75) is 12.1 Å². The van der Waals surface area contributed by atoms with Gasteiger partial charge >= 0.3 is 10.3 Å². The molecule has 5 amide bonds. The number of hydrogen-bond donors (Lipinski definition) is 5. The molecule has 0 aliphatic carbocycles. The quantitative estimate of drug-likeness (QED) is 0.0628. The summed E-state index contributed by atoms with van der Waals surface area (Å²) in [6.07, 6.45) is 0. The number of carbonyl (C=O) groups excluding carboxylic acids is 5. The largest absolute Gasteiger partial charge is 0.398 e. The summed E-state index contributed by atoms with van der Waals surface area (Å²) in [5, 5.41) is 15.9. The Morgan fingerprint density at radius 3 is 2.30 bits per heavy atom. The zero-order valence-electron chi connectivity index (χ0n) is 19.9. The van der Waals surface area contributed by atoms with Gasteiger partial charge in [-0.25, -0.2) is 14.3 Å². The van der Waals surface area contributed by atoms with Crippen LogP contribution in [0.4, 0.5) is 10.3 Å². The van der Waals surface area contributed by atoms with Crippen LogP contribution >= 0.6 is 45.9 Å². The van der Waals surface area contributed by atoms with Gasteiger partial charge in [0.15, 0.2) is 22.0 Å².